The number of rotatable bonds is 3. The molecule has 0 N–H and O–H groups in total. The Morgan fingerprint density at radius 1 is 1.20 bits per heavy atom. The first-order chi connectivity index (χ1) is 9.86. The zero-order valence-corrected chi connectivity index (χ0v) is 11.6. The predicted octanol–water partition coefficient (Wildman–Crippen LogP) is 4.05. The predicted molar refractivity (Wildman–Crippen MR) is 80.2 cm³/mol. The molecule has 0 aliphatic heterocycles. The summed E-state index contributed by atoms with van der Waals surface area (Å²) in [6, 6.07) is 9.81. The minimum atomic E-state index is 0.588. The molecule has 20 heavy (non-hydrogen) atoms. The third kappa shape index (κ3) is 1.84. The average molecular weight is 280 g/mol. The highest BCUT2D eigenvalue weighted by Gasteiger charge is 2.28. The Hall–Kier alpha value is -2.07. The maximum atomic E-state index is 11.4. The Bertz CT molecular complexity index is 772. The molecule has 0 radical (unpaired) electrons. The second kappa shape index (κ2) is 4.49. The van der Waals surface area contributed by atoms with Crippen LogP contribution in [0.4, 0.5) is 0 Å². The zero-order chi connectivity index (χ0) is 13.5. The maximum Gasteiger partial charge on any atom is 0.150 e. The average Bonchev–Trinajstić information content (AvgIpc) is 3.25. The van der Waals surface area contributed by atoms with Crippen LogP contribution in [0.1, 0.15) is 34.7 Å². The number of pyridine rings is 1. The van der Waals surface area contributed by atoms with Gasteiger partial charge < -0.3 is 0 Å². The van der Waals surface area contributed by atoms with Gasteiger partial charge in [0.25, 0.3) is 0 Å². The molecular weight excluding hydrogens is 268 g/mol. The molecule has 1 fully saturated rings. The van der Waals surface area contributed by atoms with Crippen molar-refractivity contribution < 1.29 is 4.79 Å². The van der Waals surface area contributed by atoms with Gasteiger partial charge in [0, 0.05) is 17.3 Å². The van der Waals surface area contributed by atoms with E-state index in [1.807, 2.05) is 24.3 Å². The quantitative estimate of drug-likeness (QED) is 0.680. The van der Waals surface area contributed by atoms with Crippen LogP contribution in [0.25, 0.3) is 20.9 Å². The Morgan fingerprint density at radius 3 is 2.85 bits per heavy atom. The summed E-state index contributed by atoms with van der Waals surface area (Å²) in [7, 11) is 0. The molecule has 1 aliphatic carbocycles. The standard InChI is InChI=1S/C16H12N2OS/c19-9-11-3-1-4-12(10-6-7-10)14(11)16-18-13-5-2-8-17-15(13)20-16/h1-5,8-10H,6-7H2. The van der Waals surface area contributed by atoms with Crippen molar-refractivity contribution in [1.82, 2.24) is 9.97 Å². The SMILES string of the molecule is O=Cc1cccc(C2CC2)c1-c1nc2cccnc2s1. The molecule has 98 valence electrons. The number of aldehydes is 1. The molecule has 1 aliphatic rings. The number of hydrogen-bond acceptors (Lipinski definition) is 4. The van der Waals surface area contributed by atoms with Crippen LogP contribution in [0.15, 0.2) is 36.5 Å². The Labute approximate surface area is 120 Å². The lowest BCUT2D eigenvalue weighted by molar-refractivity contribution is 0.112. The van der Waals surface area contributed by atoms with E-state index in [0.717, 1.165) is 32.8 Å². The summed E-state index contributed by atoms with van der Waals surface area (Å²) in [4.78, 5) is 21.3. The number of nitrogens with zero attached hydrogens (tertiary/aromatic N) is 2. The van der Waals surface area contributed by atoms with Crippen molar-refractivity contribution in [2.24, 2.45) is 0 Å². The molecule has 4 heteroatoms. The molecule has 1 aromatic carbocycles. The lowest BCUT2D eigenvalue weighted by Gasteiger charge is -2.08. The smallest absolute Gasteiger partial charge is 0.150 e. The summed E-state index contributed by atoms with van der Waals surface area (Å²) < 4.78 is 0. The molecule has 0 atom stereocenters. The monoisotopic (exact) mass is 280 g/mol. The van der Waals surface area contributed by atoms with Crippen molar-refractivity contribution in [2.75, 3.05) is 0 Å². The van der Waals surface area contributed by atoms with Crippen LogP contribution in [-0.4, -0.2) is 16.3 Å². The molecule has 3 aromatic rings. The van der Waals surface area contributed by atoms with E-state index in [9.17, 15) is 4.79 Å². The number of hydrogen-bond donors (Lipinski definition) is 0. The molecule has 2 heterocycles. The van der Waals surface area contributed by atoms with Crippen LogP contribution in [0, 0.1) is 0 Å². The van der Waals surface area contributed by atoms with E-state index in [1.165, 1.54) is 18.4 Å². The van der Waals surface area contributed by atoms with Crippen LogP contribution < -0.4 is 0 Å². The van der Waals surface area contributed by atoms with Crippen LogP contribution in [-0.2, 0) is 0 Å². The highest BCUT2D eigenvalue weighted by molar-refractivity contribution is 7.21. The molecule has 0 saturated heterocycles. The third-order valence-electron chi connectivity index (χ3n) is 3.65. The molecular formula is C16H12N2OS. The van der Waals surface area contributed by atoms with E-state index in [1.54, 1.807) is 17.5 Å². The molecule has 0 amide bonds. The maximum absolute atomic E-state index is 11.4. The molecule has 0 bridgehead atoms. The van der Waals surface area contributed by atoms with Crippen LogP contribution in [0.5, 0.6) is 0 Å². The van der Waals surface area contributed by atoms with Gasteiger partial charge in [0.05, 0.1) is 0 Å². The number of fused-ring (bicyclic) bond motifs is 1. The minimum absolute atomic E-state index is 0.588. The van der Waals surface area contributed by atoms with Crippen molar-refractivity contribution in [2.45, 2.75) is 18.8 Å². The topological polar surface area (TPSA) is 42.9 Å². The van der Waals surface area contributed by atoms with E-state index in [2.05, 4.69) is 16.0 Å². The first-order valence-electron chi connectivity index (χ1n) is 6.67. The van der Waals surface area contributed by atoms with Gasteiger partial charge in [-0.3, -0.25) is 4.79 Å². The fourth-order valence-electron chi connectivity index (χ4n) is 2.55. The number of thiazole rings is 1. The lowest BCUT2D eigenvalue weighted by atomic mass is 9.99. The van der Waals surface area contributed by atoms with Crippen molar-refractivity contribution in [3.8, 4) is 10.6 Å². The second-order valence-corrected chi connectivity index (χ2v) is 6.03. The van der Waals surface area contributed by atoms with Gasteiger partial charge in [-0.25, -0.2) is 9.97 Å². The largest absolute Gasteiger partial charge is 0.298 e. The zero-order valence-electron chi connectivity index (χ0n) is 10.7. The number of carbonyl (C=O) groups excluding carboxylic acids is 1. The summed E-state index contributed by atoms with van der Waals surface area (Å²) in [5.41, 5.74) is 3.89. The second-order valence-electron chi connectivity index (χ2n) is 5.05. The Balaban J connectivity index is 1.98. The van der Waals surface area contributed by atoms with Crippen molar-refractivity contribution >= 4 is 28.0 Å². The van der Waals surface area contributed by atoms with Gasteiger partial charge in [-0.05, 0) is 36.5 Å². The van der Waals surface area contributed by atoms with E-state index in [4.69, 9.17) is 0 Å². The van der Waals surface area contributed by atoms with Crippen molar-refractivity contribution in [1.29, 1.82) is 0 Å². The molecule has 1 saturated carbocycles. The van der Waals surface area contributed by atoms with E-state index >= 15 is 0 Å². The summed E-state index contributed by atoms with van der Waals surface area (Å²) in [6.07, 6.45) is 5.12. The molecule has 0 spiro atoms. The highest BCUT2D eigenvalue weighted by Crippen LogP contribution is 2.46. The van der Waals surface area contributed by atoms with E-state index in [-0.39, 0.29) is 0 Å². The van der Waals surface area contributed by atoms with Gasteiger partial charge in [0.2, 0.25) is 0 Å². The van der Waals surface area contributed by atoms with Gasteiger partial charge >= 0.3 is 0 Å². The first kappa shape index (κ1) is 11.7. The number of aromatic nitrogens is 2. The molecule has 4 rings (SSSR count). The Kier molecular flexibility index (Phi) is 2.63. The third-order valence-corrected chi connectivity index (χ3v) is 4.65. The van der Waals surface area contributed by atoms with E-state index in [0.29, 0.717) is 5.92 Å². The summed E-state index contributed by atoms with van der Waals surface area (Å²) in [5, 5.41) is 0.906. The van der Waals surface area contributed by atoms with Gasteiger partial charge in [0.15, 0.2) is 6.29 Å². The minimum Gasteiger partial charge on any atom is -0.298 e. The van der Waals surface area contributed by atoms with Crippen molar-refractivity contribution in [3.63, 3.8) is 0 Å². The normalized spacial score (nSPS) is 14.6. The summed E-state index contributed by atoms with van der Waals surface area (Å²) in [5.74, 6) is 0.588. The number of benzene rings is 1. The molecule has 3 nitrogen and oxygen atoms in total. The van der Waals surface area contributed by atoms with Gasteiger partial charge in [-0.15, -0.1) is 0 Å². The summed E-state index contributed by atoms with van der Waals surface area (Å²) in [6.45, 7) is 0. The molecule has 2 aromatic heterocycles. The highest BCUT2D eigenvalue weighted by atomic mass is 32.1. The first-order valence-corrected chi connectivity index (χ1v) is 7.48. The van der Waals surface area contributed by atoms with Gasteiger partial charge in [-0.1, -0.05) is 29.5 Å². The van der Waals surface area contributed by atoms with E-state index < -0.39 is 0 Å². The van der Waals surface area contributed by atoms with Crippen LogP contribution >= 0.6 is 11.3 Å². The number of carbonyl (C=O) groups is 1. The fraction of sp³-hybridized carbons (Fsp3) is 0.188. The van der Waals surface area contributed by atoms with Crippen molar-refractivity contribution in [3.05, 3.63) is 47.7 Å². The van der Waals surface area contributed by atoms with Crippen LogP contribution in [0.2, 0.25) is 0 Å². The fourth-order valence-corrected chi connectivity index (χ4v) is 3.54. The lowest BCUT2D eigenvalue weighted by Crippen LogP contribution is -1.93. The summed E-state index contributed by atoms with van der Waals surface area (Å²) >= 11 is 1.56. The Morgan fingerprint density at radius 2 is 2.10 bits per heavy atom. The molecule has 0 unspecified atom stereocenters. The van der Waals surface area contributed by atoms with Gasteiger partial charge in [-0.2, -0.15) is 0 Å². The van der Waals surface area contributed by atoms with Crippen LogP contribution in [0.3, 0.4) is 0 Å². The van der Waals surface area contributed by atoms with Gasteiger partial charge in [0.1, 0.15) is 15.4 Å².